The minimum atomic E-state index is 0.812. The fourth-order valence-electron chi connectivity index (χ4n) is 1.54. The lowest BCUT2D eigenvalue weighted by Gasteiger charge is -2.02. The van der Waals surface area contributed by atoms with Gasteiger partial charge in [-0.1, -0.05) is 5.16 Å². The van der Waals surface area contributed by atoms with Gasteiger partial charge < -0.3 is 9.84 Å². The first-order valence-electron chi connectivity index (χ1n) is 5.28. The smallest absolute Gasteiger partial charge is 0.138 e. The van der Waals surface area contributed by atoms with Gasteiger partial charge in [0.05, 0.1) is 10.7 Å². The Morgan fingerprint density at radius 3 is 2.94 bits per heavy atom. The predicted octanol–water partition coefficient (Wildman–Crippen LogP) is 2.08. The lowest BCUT2D eigenvalue weighted by Crippen LogP contribution is -2.17. The molecule has 2 aromatic rings. The van der Waals surface area contributed by atoms with Crippen LogP contribution in [-0.2, 0) is 13.0 Å². The van der Waals surface area contributed by atoms with E-state index in [1.807, 2.05) is 25.4 Å². The normalized spacial score (nSPS) is 10.9. The molecule has 0 bridgehead atoms. The van der Waals surface area contributed by atoms with Crippen molar-refractivity contribution in [2.24, 2.45) is 0 Å². The van der Waals surface area contributed by atoms with E-state index < -0.39 is 0 Å². The van der Waals surface area contributed by atoms with Crippen molar-refractivity contribution >= 4 is 11.3 Å². The van der Waals surface area contributed by atoms with Crippen LogP contribution in [0, 0.1) is 13.8 Å². The summed E-state index contributed by atoms with van der Waals surface area (Å²) in [6, 6.07) is 0. The molecule has 0 saturated heterocycles. The quantitative estimate of drug-likeness (QED) is 0.809. The van der Waals surface area contributed by atoms with Crippen LogP contribution >= 0.6 is 11.3 Å². The molecule has 1 N–H and O–H groups in total. The molecule has 0 amide bonds. The van der Waals surface area contributed by atoms with E-state index in [4.69, 9.17) is 4.52 Å². The first-order chi connectivity index (χ1) is 7.77. The fourth-order valence-corrected chi connectivity index (χ4v) is 2.16. The van der Waals surface area contributed by atoms with Crippen LogP contribution in [0.4, 0.5) is 0 Å². The van der Waals surface area contributed by atoms with Crippen LogP contribution in [-0.4, -0.2) is 16.7 Å². The van der Waals surface area contributed by atoms with Crippen molar-refractivity contribution in [3.8, 4) is 0 Å². The van der Waals surface area contributed by atoms with Gasteiger partial charge in [-0.3, -0.25) is 0 Å². The summed E-state index contributed by atoms with van der Waals surface area (Å²) in [4.78, 5) is 4.23. The molecule has 16 heavy (non-hydrogen) atoms. The standard InChI is InChI=1S/C11H15N3OS/c1-8-10(9(2)15-14-8)7-12-4-3-11-13-5-6-16-11/h5-6,12H,3-4,7H2,1-2H3. The summed E-state index contributed by atoms with van der Waals surface area (Å²) in [5.74, 6) is 0.902. The monoisotopic (exact) mass is 237 g/mol. The second-order valence-corrected chi connectivity index (χ2v) is 4.63. The highest BCUT2D eigenvalue weighted by Gasteiger charge is 2.07. The number of nitrogens with zero attached hydrogens (tertiary/aromatic N) is 2. The van der Waals surface area contributed by atoms with E-state index >= 15 is 0 Å². The van der Waals surface area contributed by atoms with Gasteiger partial charge in [0.1, 0.15) is 5.76 Å². The van der Waals surface area contributed by atoms with Gasteiger partial charge in [-0.15, -0.1) is 11.3 Å². The molecular weight excluding hydrogens is 222 g/mol. The topological polar surface area (TPSA) is 51.0 Å². The Kier molecular flexibility index (Phi) is 3.69. The molecule has 2 aromatic heterocycles. The highest BCUT2D eigenvalue weighted by atomic mass is 32.1. The fraction of sp³-hybridized carbons (Fsp3) is 0.455. The third-order valence-corrected chi connectivity index (χ3v) is 3.32. The van der Waals surface area contributed by atoms with Crippen molar-refractivity contribution in [2.45, 2.75) is 26.8 Å². The molecule has 0 spiro atoms. The van der Waals surface area contributed by atoms with Crippen LogP contribution in [0.25, 0.3) is 0 Å². The number of aryl methyl sites for hydroxylation is 2. The van der Waals surface area contributed by atoms with E-state index in [1.54, 1.807) is 11.3 Å². The molecule has 0 aliphatic rings. The molecule has 0 fully saturated rings. The number of nitrogens with one attached hydrogen (secondary N) is 1. The summed E-state index contributed by atoms with van der Waals surface area (Å²) in [7, 11) is 0. The second kappa shape index (κ2) is 5.23. The highest BCUT2D eigenvalue weighted by Crippen LogP contribution is 2.11. The first kappa shape index (κ1) is 11.3. The Labute approximate surface area is 98.7 Å². The van der Waals surface area contributed by atoms with Crippen LogP contribution in [0.3, 0.4) is 0 Å². The Bertz CT molecular complexity index is 417. The van der Waals surface area contributed by atoms with Crippen LogP contribution < -0.4 is 5.32 Å². The molecule has 0 aromatic carbocycles. The summed E-state index contributed by atoms with van der Waals surface area (Å²) in [6.07, 6.45) is 2.81. The van der Waals surface area contributed by atoms with E-state index in [0.717, 1.165) is 31.0 Å². The largest absolute Gasteiger partial charge is 0.361 e. The predicted molar refractivity (Wildman–Crippen MR) is 63.5 cm³/mol. The van der Waals surface area contributed by atoms with Crippen LogP contribution in [0.15, 0.2) is 16.1 Å². The summed E-state index contributed by atoms with van der Waals surface area (Å²) in [5.41, 5.74) is 2.14. The van der Waals surface area contributed by atoms with E-state index in [0.29, 0.717) is 0 Å². The number of thiazole rings is 1. The van der Waals surface area contributed by atoms with Gasteiger partial charge in [0.15, 0.2) is 0 Å². The molecule has 0 aliphatic heterocycles. The average Bonchev–Trinajstić information content (AvgIpc) is 2.87. The van der Waals surface area contributed by atoms with Gasteiger partial charge in [-0.05, 0) is 13.8 Å². The Morgan fingerprint density at radius 2 is 2.31 bits per heavy atom. The SMILES string of the molecule is Cc1noc(C)c1CNCCc1nccs1. The molecule has 86 valence electrons. The third-order valence-electron chi connectivity index (χ3n) is 2.48. The molecule has 4 nitrogen and oxygen atoms in total. The highest BCUT2D eigenvalue weighted by molar-refractivity contribution is 7.09. The molecule has 0 radical (unpaired) electrons. The van der Waals surface area contributed by atoms with Gasteiger partial charge in [0.2, 0.25) is 0 Å². The van der Waals surface area contributed by atoms with Gasteiger partial charge in [0, 0.05) is 36.7 Å². The second-order valence-electron chi connectivity index (χ2n) is 3.66. The molecule has 5 heteroatoms. The summed E-state index contributed by atoms with van der Waals surface area (Å²) >= 11 is 1.70. The van der Waals surface area contributed by atoms with Crippen molar-refractivity contribution in [3.63, 3.8) is 0 Å². The Hall–Kier alpha value is -1.20. The van der Waals surface area contributed by atoms with E-state index in [1.165, 1.54) is 10.6 Å². The summed E-state index contributed by atoms with van der Waals surface area (Å²) < 4.78 is 5.10. The van der Waals surface area contributed by atoms with Crippen LogP contribution in [0.5, 0.6) is 0 Å². The van der Waals surface area contributed by atoms with E-state index in [9.17, 15) is 0 Å². The maximum absolute atomic E-state index is 5.10. The minimum Gasteiger partial charge on any atom is -0.361 e. The molecule has 2 heterocycles. The molecule has 2 rings (SSSR count). The van der Waals surface area contributed by atoms with Crippen LogP contribution in [0.1, 0.15) is 22.0 Å². The molecule has 0 saturated carbocycles. The summed E-state index contributed by atoms with van der Waals surface area (Å²) in [6.45, 7) is 5.65. The van der Waals surface area contributed by atoms with Crippen LogP contribution in [0.2, 0.25) is 0 Å². The Balaban J connectivity index is 1.76. The van der Waals surface area contributed by atoms with Crippen molar-refractivity contribution in [3.05, 3.63) is 33.6 Å². The maximum Gasteiger partial charge on any atom is 0.138 e. The first-order valence-corrected chi connectivity index (χ1v) is 6.16. The molecule has 0 aliphatic carbocycles. The molecule has 0 unspecified atom stereocenters. The van der Waals surface area contributed by atoms with Gasteiger partial charge in [-0.25, -0.2) is 4.98 Å². The zero-order valence-corrected chi connectivity index (χ0v) is 10.3. The van der Waals surface area contributed by atoms with Crippen molar-refractivity contribution in [2.75, 3.05) is 6.54 Å². The number of aromatic nitrogens is 2. The van der Waals surface area contributed by atoms with E-state index in [2.05, 4.69) is 15.5 Å². The Morgan fingerprint density at radius 1 is 1.44 bits per heavy atom. The minimum absolute atomic E-state index is 0.812. The molecule has 0 atom stereocenters. The van der Waals surface area contributed by atoms with Crippen molar-refractivity contribution in [1.82, 2.24) is 15.5 Å². The lowest BCUT2D eigenvalue weighted by molar-refractivity contribution is 0.392. The van der Waals surface area contributed by atoms with Gasteiger partial charge in [-0.2, -0.15) is 0 Å². The number of hydrogen-bond donors (Lipinski definition) is 1. The van der Waals surface area contributed by atoms with E-state index in [-0.39, 0.29) is 0 Å². The zero-order chi connectivity index (χ0) is 11.4. The lowest BCUT2D eigenvalue weighted by atomic mass is 10.2. The molecular formula is C11H15N3OS. The van der Waals surface area contributed by atoms with Crippen molar-refractivity contribution in [1.29, 1.82) is 0 Å². The number of hydrogen-bond acceptors (Lipinski definition) is 5. The van der Waals surface area contributed by atoms with Crippen molar-refractivity contribution < 1.29 is 4.52 Å². The third kappa shape index (κ3) is 2.68. The average molecular weight is 237 g/mol. The maximum atomic E-state index is 5.10. The summed E-state index contributed by atoms with van der Waals surface area (Å²) in [5, 5.41) is 10.5. The zero-order valence-electron chi connectivity index (χ0n) is 9.49. The van der Waals surface area contributed by atoms with Gasteiger partial charge >= 0.3 is 0 Å². The number of rotatable bonds is 5. The van der Waals surface area contributed by atoms with Gasteiger partial charge in [0.25, 0.3) is 0 Å².